The van der Waals surface area contributed by atoms with E-state index in [4.69, 9.17) is 11.6 Å². The van der Waals surface area contributed by atoms with Crippen LogP contribution in [0.25, 0.3) is 11.0 Å². The minimum absolute atomic E-state index is 0.241. The smallest absolute Gasteiger partial charge is 0.226 e. The first-order valence-corrected chi connectivity index (χ1v) is 6.99. The molecule has 2 aromatic heterocycles. The van der Waals surface area contributed by atoms with Crippen molar-refractivity contribution in [2.75, 3.05) is 25.0 Å². The van der Waals surface area contributed by atoms with Crippen LogP contribution >= 0.6 is 11.6 Å². The van der Waals surface area contributed by atoms with E-state index in [-0.39, 0.29) is 5.28 Å². The van der Waals surface area contributed by atoms with Gasteiger partial charge in [-0.05, 0) is 31.0 Å². The first kappa shape index (κ1) is 12.6. The van der Waals surface area contributed by atoms with Gasteiger partial charge in [-0.3, -0.25) is 5.10 Å². The summed E-state index contributed by atoms with van der Waals surface area (Å²) in [5.41, 5.74) is 0.675. The van der Waals surface area contributed by atoms with E-state index in [0.717, 1.165) is 43.7 Å². The number of aromatic nitrogens is 4. The zero-order valence-corrected chi connectivity index (χ0v) is 11.6. The van der Waals surface area contributed by atoms with Crippen LogP contribution in [0.1, 0.15) is 19.8 Å². The molecule has 0 atom stereocenters. The number of anilines is 1. The molecule has 1 aliphatic rings. The Hall–Kier alpha value is -1.40. The summed E-state index contributed by atoms with van der Waals surface area (Å²) in [6.45, 7) is 5.58. The number of nitrogens with zero attached hydrogens (tertiary/aromatic N) is 4. The zero-order chi connectivity index (χ0) is 13.2. The molecule has 2 N–H and O–H groups in total. The molecule has 0 aromatic carbocycles. The predicted octanol–water partition coefficient (Wildman–Crippen LogP) is 1.90. The second-order valence-electron chi connectivity index (χ2n) is 4.83. The van der Waals surface area contributed by atoms with Gasteiger partial charge in [-0.2, -0.15) is 15.1 Å². The van der Waals surface area contributed by atoms with Gasteiger partial charge in [0, 0.05) is 19.1 Å². The quantitative estimate of drug-likeness (QED) is 0.841. The molecular weight excluding hydrogens is 264 g/mol. The summed E-state index contributed by atoms with van der Waals surface area (Å²) in [4.78, 5) is 10.8. The number of fused-ring (bicyclic) bond motifs is 1. The third-order valence-corrected chi connectivity index (χ3v) is 3.83. The van der Waals surface area contributed by atoms with Gasteiger partial charge >= 0.3 is 0 Å². The molecule has 6 nitrogen and oxygen atoms in total. The molecule has 0 spiro atoms. The third-order valence-electron chi connectivity index (χ3n) is 3.66. The number of halogens is 1. The van der Waals surface area contributed by atoms with Gasteiger partial charge in [-0.15, -0.1) is 0 Å². The van der Waals surface area contributed by atoms with Crippen LogP contribution in [0, 0.1) is 0 Å². The van der Waals surface area contributed by atoms with Crippen molar-refractivity contribution in [3.05, 3.63) is 11.5 Å². The Bertz CT molecular complexity index is 560. The number of aromatic amines is 1. The number of rotatable bonds is 3. The van der Waals surface area contributed by atoms with Crippen molar-refractivity contribution in [1.29, 1.82) is 0 Å². The topological polar surface area (TPSA) is 69.7 Å². The van der Waals surface area contributed by atoms with E-state index in [1.807, 2.05) is 0 Å². The summed E-state index contributed by atoms with van der Waals surface area (Å²) in [6.07, 6.45) is 3.97. The van der Waals surface area contributed by atoms with Crippen LogP contribution in [0.5, 0.6) is 0 Å². The highest BCUT2D eigenvalue weighted by Gasteiger charge is 2.19. The van der Waals surface area contributed by atoms with E-state index in [1.54, 1.807) is 6.20 Å². The lowest BCUT2D eigenvalue weighted by molar-refractivity contribution is 0.229. The number of nitrogens with one attached hydrogen (secondary N) is 2. The molecule has 102 valence electrons. The SMILES string of the molecule is CCN1CCC(Nc2nc(Cl)nc3[nH]ncc23)CC1. The Balaban J connectivity index is 1.76. The molecule has 0 aliphatic carbocycles. The van der Waals surface area contributed by atoms with E-state index in [1.165, 1.54) is 0 Å². The van der Waals surface area contributed by atoms with Crippen molar-refractivity contribution in [2.24, 2.45) is 0 Å². The fraction of sp³-hybridized carbons (Fsp3) is 0.583. The number of hydrogen-bond acceptors (Lipinski definition) is 5. The van der Waals surface area contributed by atoms with E-state index >= 15 is 0 Å². The predicted molar refractivity (Wildman–Crippen MR) is 75.5 cm³/mol. The van der Waals surface area contributed by atoms with Gasteiger partial charge in [0.1, 0.15) is 5.82 Å². The molecule has 0 bridgehead atoms. The van der Waals surface area contributed by atoms with Crippen LogP contribution in [0.15, 0.2) is 6.20 Å². The van der Waals surface area contributed by atoms with E-state index in [0.29, 0.717) is 11.7 Å². The molecule has 0 amide bonds. The van der Waals surface area contributed by atoms with E-state index < -0.39 is 0 Å². The van der Waals surface area contributed by atoms with Gasteiger partial charge in [0.2, 0.25) is 5.28 Å². The van der Waals surface area contributed by atoms with Gasteiger partial charge in [0.05, 0.1) is 11.6 Å². The van der Waals surface area contributed by atoms with Crippen LogP contribution in [0.3, 0.4) is 0 Å². The average Bonchev–Trinajstić information content (AvgIpc) is 2.88. The van der Waals surface area contributed by atoms with Crippen LogP contribution in [0.4, 0.5) is 5.82 Å². The summed E-state index contributed by atoms with van der Waals surface area (Å²) in [7, 11) is 0. The summed E-state index contributed by atoms with van der Waals surface area (Å²) < 4.78 is 0. The van der Waals surface area contributed by atoms with Crippen LogP contribution < -0.4 is 5.32 Å². The number of H-pyrrole nitrogens is 1. The lowest BCUT2D eigenvalue weighted by Crippen LogP contribution is -2.39. The average molecular weight is 281 g/mol. The maximum atomic E-state index is 5.93. The molecule has 1 fully saturated rings. The van der Waals surface area contributed by atoms with Gasteiger partial charge < -0.3 is 10.2 Å². The Morgan fingerprint density at radius 2 is 2.21 bits per heavy atom. The number of hydrogen-bond donors (Lipinski definition) is 2. The molecule has 1 aliphatic heterocycles. The van der Waals surface area contributed by atoms with Crippen molar-refractivity contribution < 1.29 is 0 Å². The monoisotopic (exact) mass is 280 g/mol. The molecule has 1 saturated heterocycles. The van der Waals surface area contributed by atoms with E-state index in [2.05, 4.69) is 37.3 Å². The van der Waals surface area contributed by atoms with Crippen LogP contribution in [-0.2, 0) is 0 Å². The fourth-order valence-corrected chi connectivity index (χ4v) is 2.67. The molecule has 7 heteroatoms. The molecule has 2 aromatic rings. The second kappa shape index (κ2) is 5.30. The normalized spacial score (nSPS) is 18.0. The summed E-state index contributed by atoms with van der Waals surface area (Å²) >= 11 is 5.93. The molecule has 19 heavy (non-hydrogen) atoms. The van der Waals surface area contributed by atoms with Crippen molar-refractivity contribution >= 4 is 28.5 Å². The first-order valence-electron chi connectivity index (χ1n) is 6.61. The minimum atomic E-state index is 0.241. The number of piperidine rings is 1. The van der Waals surface area contributed by atoms with Crippen molar-refractivity contribution in [2.45, 2.75) is 25.8 Å². The highest BCUT2D eigenvalue weighted by Crippen LogP contribution is 2.23. The van der Waals surface area contributed by atoms with E-state index in [9.17, 15) is 0 Å². The molecule has 0 unspecified atom stereocenters. The van der Waals surface area contributed by atoms with Crippen molar-refractivity contribution in [3.63, 3.8) is 0 Å². The Kier molecular flexibility index (Phi) is 3.52. The van der Waals surface area contributed by atoms with Gasteiger partial charge in [0.15, 0.2) is 5.65 Å². The first-order chi connectivity index (χ1) is 9.26. The summed E-state index contributed by atoms with van der Waals surface area (Å²) in [6, 6.07) is 0.437. The minimum Gasteiger partial charge on any atom is -0.366 e. The maximum absolute atomic E-state index is 5.93. The van der Waals surface area contributed by atoms with Crippen molar-refractivity contribution in [3.8, 4) is 0 Å². The van der Waals surface area contributed by atoms with Crippen LogP contribution in [0.2, 0.25) is 5.28 Å². The molecule has 3 rings (SSSR count). The Morgan fingerprint density at radius 3 is 2.95 bits per heavy atom. The van der Waals surface area contributed by atoms with Crippen molar-refractivity contribution in [1.82, 2.24) is 25.1 Å². The standard InChI is InChI=1S/C12H17ClN6/c1-2-19-5-3-8(4-6-19)15-10-9-7-14-18-11(9)17-12(13)16-10/h7-8H,2-6H2,1H3,(H2,14,15,16,17,18). The van der Waals surface area contributed by atoms with Crippen LogP contribution in [-0.4, -0.2) is 50.7 Å². The zero-order valence-electron chi connectivity index (χ0n) is 10.9. The molecular formula is C12H17ClN6. The molecule has 0 radical (unpaired) electrons. The largest absolute Gasteiger partial charge is 0.366 e. The molecule has 0 saturated carbocycles. The summed E-state index contributed by atoms with van der Waals surface area (Å²) in [5, 5.41) is 11.4. The van der Waals surface area contributed by atoms with Gasteiger partial charge in [0.25, 0.3) is 0 Å². The highest BCUT2D eigenvalue weighted by molar-refractivity contribution is 6.28. The second-order valence-corrected chi connectivity index (χ2v) is 5.16. The summed E-state index contributed by atoms with van der Waals surface area (Å²) in [5.74, 6) is 0.777. The lowest BCUT2D eigenvalue weighted by Gasteiger charge is -2.31. The maximum Gasteiger partial charge on any atom is 0.226 e. The number of likely N-dealkylation sites (tertiary alicyclic amines) is 1. The lowest BCUT2D eigenvalue weighted by atomic mass is 10.1. The Morgan fingerprint density at radius 1 is 1.42 bits per heavy atom. The van der Waals surface area contributed by atoms with Gasteiger partial charge in [-0.1, -0.05) is 6.92 Å². The third kappa shape index (κ3) is 2.64. The Labute approximate surface area is 116 Å². The fourth-order valence-electron chi connectivity index (χ4n) is 2.50. The van der Waals surface area contributed by atoms with Gasteiger partial charge in [-0.25, -0.2) is 0 Å². The highest BCUT2D eigenvalue weighted by atomic mass is 35.5. The molecule has 3 heterocycles.